The molecule has 1 aliphatic heterocycles. The summed E-state index contributed by atoms with van der Waals surface area (Å²) in [4.78, 5) is 24.4. The Hall–Kier alpha value is -1.91. The predicted molar refractivity (Wildman–Crippen MR) is 64.2 cm³/mol. The summed E-state index contributed by atoms with van der Waals surface area (Å²) in [5.41, 5.74) is -0.262. The van der Waals surface area contributed by atoms with E-state index in [-0.39, 0.29) is 11.6 Å². The van der Waals surface area contributed by atoms with E-state index in [9.17, 15) is 14.0 Å². The summed E-state index contributed by atoms with van der Waals surface area (Å²) in [5.74, 6) is -2.29. The maximum atomic E-state index is 13.6. The molecule has 0 saturated carbocycles. The van der Waals surface area contributed by atoms with E-state index in [1.165, 1.54) is 17.0 Å². The van der Waals surface area contributed by atoms with Gasteiger partial charge < -0.3 is 10.0 Å². The summed E-state index contributed by atoms with van der Waals surface area (Å²) < 4.78 is 13.6. The van der Waals surface area contributed by atoms with Gasteiger partial charge in [-0.1, -0.05) is 12.5 Å². The van der Waals surface area contributed by atoms with Gasteiger partial charge in [-0.05, 0) is 25.0 Å². The molecule has 1 saturated heterocycles. The number of anilines is 1. The molecule has 1 aromatic rings. The number of amides is 1. The third-order valence-corrected chi connectivity index (χ3v) is 3.07. The van der Waals surface area contributed by atoms with Gasteiger partial charge in [-0.25, -0.2) is 9.18 Å². The first-order valence-electron chi connectivity index (χ1n) is 5.93. The van der Waals surface area contributed by atoms with E-state index >= 15 is 0 Å². The number of aromatic carboxylic acids is 1. The summed E-state index contributed by atoms with van der Waals surface area (Å²) in [5, 5.41) is 9.06. The van der Waals surface area contributed by atoms with Crippen LogP contribution in [0.15, 0.2) is 18.2 Å². The van der Waals surface area contributed by atoms with Crippen molar-refractivity contribution in [1.82, 2.24) is 0 Å². The summed E-state index contributed by atoms with van der Waals surface area (Å²) in [6, 6.07) is 4.00. The zero-order valence-electron chi connectivity index (χ0n) is 9.86. The zero-order chi connectivity index (χ0) is 13.1. The van der Waals surface area contributed by atoms with E-state index in [0.717, 1.165) is 25.3 Å². The minimum atomic E-state index is -1.35. The molecule has 1 aromatic carbocycles. The number of halogens is 1. The van der Waals surface area contributed by atoms with Gasteiger partial charge in [-0.3, -0.25) is 4.79 Å². The average molecular weight is 251 g/mol. The van der Waals surface area contributed by atoms with Crippen LogP contribution in [0.2, 0.25) is 0 Å². The fourth-order valence-corrected chi connectivity index (χ4v) is 2.19. The molecular weight excluding hydrogens is 237 g/mol. The molecule has 1 N–H and O–H groups in total. The second-order valence-electron chi connectivity index (χ2n) is 4.30. The highest BCUT2D eigenvalue weighted by Crippen LogP contribution is 2.26. The van der Waals surface area contributed by atoms with Crippen molar-refractivity contribution in [1.29, 1.82) is 0 Å². The Morgan fingerprint density at radius 3 is 2.78 bits per heavy atom. The molecule has 0 radical (unpaired) electrons. The van der Waals surface area contributed by atoms with Crippen molar-refractivity contribution in [2.24, 2.45) is 0 Å². The Kier molecular flexibility index (Phi) is 3.60. The van der Waals surface area contributed by atoms with E-state index in [2.05, 4.69) is 0 Å². The molecule has 1 heterocycles. The van der Waals surface area contributed by atoms with Crippen molar-refractivity contribution in [2.75, 3.05) is 11.4 Å². The van der Waals surface area contributed by atoms with Gasteiger partial charge in [0.15, 0.2) is 0 Å². The maximum Gasteiger partial charge on any atom is 0.340 e. The Bertz CT molecular complexity index is 487. The third kappa shape index (κ3) is 2.34. The van der Waals surface area contributed by atoms with Crippen molar-refractivity contribution >= 4 is 17.6 Å². The van der Waals surface area contributed by atoms with E-state index in [1.807, 2.05) is 0 Å². The SMILES string of the molecule is O=C(O)c1c(F)cccc1N1CCCCCC1=O. The van der Waals surface area contributed by atoms with Gasteiger partial charge in [0.2, 0.25) is 5.91 Å². The Morgan fingerprint density at radius 2 is 2.06 bits per heavy atom. The molecule has 0 spiro atoms. The molecule has 0 unspecified atom stereocenters. The highest BCUT2D eigenvalue weighted by Gasteiger charge is 2.25. The summed E-state index contributed by atoms with van der Waals surface area (Å²) >= 11 is 0. The molecule has 5 heteroatoms. The molecule has 1 amide bonds. The van der Waals surface area contributed by atoms with Crippen LogP contribution < -0.4 is 4.90 Å². The Labute approximate surface area is 104 Å². The van der Waals surface area contributed by atoms with Gasteiger partial charge in [0, 0.05) is 13.0 Å². The van der Waals surface area contributed by atoms with Crippen LogP contribution in [-0.2, 0) is 4.79 Å². The number of carbonyl (C=O) groups excluding carboxylic acids is 1. The van der Waals surface area contributed by atoms with Gasteiger partial charge >= 0.3 is 5.97 Å². The third-order valence-electron chi connectivity index (χ3n) is 3.07. The molecule has 2 rings (SSSR count). The predicted octanol–water partition coefficient (Wildman–Crippen LogP) is 2.43. The highest BCUT2D eigenvalue weighted by molar-refractivity contribution is 6.02. The number of carboxylic acid groups (broad SMARTS) is 1. The molecule has 0 bridgehead atoms. The molecule has 0 aromatic heterocycles. The van der Waals surface area contributed by atoms with Crippen LogP contribution in [0.4, 0.5) is 10.1 Å². The van der Waals surface area contributed by atoms with Gasteiger partial charge in [0.25, 0.3) is 0 Å². The fourth-order valence-electron chi connectivity index (χ4n) is 2.19. The van der Waals surface area contributed by atoms with Crippen molar-refractivity contribution in [3.05, 3.63) is 29.6 Å². The molecular formula is C13H14FNO3. The van der Waals surface area contributed by atoms with Crippen LogP contribution >= 0.6 is 0 Å². The largest absolute Gasteiger partial charge is 0.478 e. The topological polar surface area (TPSA) is 57.6 Å². The smallest absolute Gasteiger partial charge is 0.340 e. The van der Waals surface area contributed by atoms with Crippen LogP contribution in [0.5, 0.6) is 0 Å². The van der Waals surface area contributed by atoms with Gasteiger partial charge in [0.05, 0.1) is 5.69 Å². The van der Waals surface area contributed by atoms with E-state index in [1.54, 1.807) is 0 Å². The minimum absolute atomic E-state index is 0.138. The average Bonchev–Trinajstić information content (AvgIpc) is 2.53. The van der Waals surface area contributed by atoms with E-state index in [4.69, 9.17) is 5.11 Å². The number of benzene rings is 1. The van der Waals surface area contributed by atoms with Crippen molar-refractivity contribution in [2.45, 2.75) is 25.7 Å². The first kappa shape index (κ1) is 12.5. The van der Waals surface area contributed by atoms with Crippen LogP contribution in [0.25, 0.3) is 0 Å². The van der Waals surface area contributed by atoms with Crippen molar-refractivity contribution in [3.63, 3.8) is 0 Å². The van der Waals surface area contributed by atoms with E-state index in [0.29, 0.717) is 13.0 Å². The monoisotopic (exact) mass is 251 g/mol. The summed E-state index contributed by atoms with van der Waals surface area (Å²) in [6.07, 6.45) is 2.92. The first-order chi connectivity index (χ1) is 8.61. The lowest BCUT2D eigenvalue weighted by molar-refractivity contribution is -0.118. The fraction of sp³-hybridized carbons (Fsp3) is 0.385. The van der Waals surface area contributed by atoms with Gasteiger partial charge in [-0.2, -0.15) is 0 Å². The Balaban J connectivity index is 2.46. The molecule has 4 nitrogen and oxygen atoms in total. The maximum absolute atomic E-state index is 13.6. The van der Waals surface area contributed by atoms with Gasteiger partial charge in [-0.15, -0.1) is 0 Å². The molecule has 96 valence electrons. The van der Waals surface area contributed by atoms with E-state index < -0.39 is 17.3 Å². The van der Waals surface area contributed by atoms with Crippen molar-refractivity contribution in [3.8, 4) is 0 Å². The summed E-state index contributed by atoms with van der Waals surface area (Å²) in [6.45, 7) is 0.447. The molecule has 0 aliphatic carbocycles. The quantitative estimate of drug-likeness (QED) is 0.878. The number of carbonyl (C=O) groups is 2. The van der Waals surface area contributed by atoms with Crippen molar-refractivity contribution < 1.29 is 19.1 Å². The minimum Gasteiger partial charge on any atom is -0.478 e. The Morgan fingerprint density at radius 1 is 1.28 bits per heavy atom. The number of hydrogen-bond acceptors (Lipinski definition) is 2. The number of rotatable bonds is 2. The first-order valence-corrected chi connectivity index (χ1v) is 5.93. The standard InChI is InChI=1S/C13H14FNO3/c14-9-5-4-6-10(12(9)13(17)18)15-8-3-1-2-7-11(15)16/h4-6H,1-3,7-8H2,(H,17,18). The molecule has 18 heavy (non-hydrogen) atoms. The zero-order valence-corrected chi connectivity index (χ0v) is 9.86. The van der Waals surface area contributed by atoms with Crippen LogP contribution in [0.1, 0.15) is 36.0 Å². The van der Waals surface area contributed by atoms with Crippen LogP contribution in [0.3, 0.4) is 0 Å². The molecule has 1 fully saturated rings. The lowest BCUT2D eigenvalue weighted by atomic mass is 10.1. The summed E-state index contributed by atoms with van der Waals surface area (Å²) in [7, 11) is 0. The lowest BCUT2D eigenvalue weighted by Crippen LogP contribution is -2.31. The second-order valence-corrected chi connectivity index (χ2v) is 4.30. The van der Waals surface area contributed by atoms with Crippen LogP contribution in [-0.4, -0.2) is 23.5 Å². The number of hydrogen-bond donors (Lipinski definition) is 1. The number of carboxylic acids is 1. The second kappa shape index (κ2) is 5.16. The normalized spacial score (nSPS) is 16.5. The molecule has 1 aliphatic rings. The molecule has 0 atom stereocenters. The van der Waals surface area contributed by atoms with Gasteiger partial charge in [0.1, 0.15) is 11.4 Å². The number of nitrogens with zero attached hydrogens (tertiary/aromatic N) is 1. The van der Waals surface area contributed by atoms with Crippen LogP contribution in [0, 0.1) is 5.82 Å². The lowest BCUT2D eigenvalue weighted by Gasteiger charge is -2.22. The highest BCUT2D eigenvalue weighted by atomic mass is 19.1.